The quantitative estimate of drug-likeness (QED) is 0.901. The zero-order chi connectivity index (χ0) is 14.8. The number of hydrogen-bond donors (Lipinski definition) is 2. The zero-order valence-corrected chi connectivity index (χ0v) is 12.6. The lowest BCUT2D eigenvalue weighted by Gasteiger charge is -2.22. The van der Waals surface area contributed by atoms with Gasteiger partial charge >= 0.3 is 0 Å². The predicted octanol–water partition coefficient (Wildman–Crippen LogP) is 2.22. The summed E-state index contributed by atoms with van der Waals surface area (Å²) < 4.78 is 5.39. The molecule has 0 amide bonds. The number of nitrogens with zero attached hydrogens (tertiary/aromatic N) is 2. The maximum atomic E-state index is 6.15. The van der Waals surface area contributed by atoms with Gasteiger partial charge in [-0.25, -0.2) is 0 Å². The molecule has 5 heteroatoms. The minimum Gasteiger partial charge on any atom is -0.334 e. The molecule has 1 aliphatic rings. The Morgan fingerprint density at radius 3 is 3.14 bits per heavy atom. The molecule has 0 spiro atoms. The van der Waals surface area contributed by atoms with Crippen LogP contribution in [0.2, 0.25) is 0 Å². The van der Waals surface area contributed by atoms with Crippen molar-refractivity contribution < 1.29 is 4.52 Å². The molecule has 112 valence electrons. The Morgan fingerprint density at radius 1 is 1.48 bits per heavy atom. The second-order valence-electron chi connectivity index (χ2n) is 5.82. The third-order valence-electron chi connectivity index (χ3n) is 4.20. The Labute approximate surface area is 124 Å². The molecule has 1 aliphatic carbocycles. The molecule has 21 heavy (non-hydrogen) atoms. The van der Waals surface area contributed by atoms with Gasteiger partial charge in [-0.05, 0) is 56.5 Å². The fourth-order valence-electron chi connectivity index (χ4n) is 2.81. The van der Waals surface area contributed by atoms with Crippen molar-refractivity contribution in [3.63, 3.8) is 0 Å². The molecule has 0 bridgehead atoms. The lowest BCUT2D eigenvalue weighted by molar-refractivity contribution is 0.418. The van der Waals surface area contributed by atoms with Gasteiger partial charge in [0.2, 0.25) is 0 Å². The average Bonchev–Trinajstić information content (AvgIpc) is 2.95. The number of aryl methyl sites for hydroxylation is 1. The second kappa shape index (κ2) is 5.95. The van der Waals surface area contributed by atoms with Gasteiger partial charge in [-0.15, -0.1) is 0 Å². The van der Waals surface area contributed by atoms with Crippen molar-refractivity contribution in [3.8, 4) is 11.5 Å². The van der Waals surface area contributed by atoms with Crippen LogP contribution in [0.4, 0.5) is 0 Å². The van der Waals surface area contributed by atoms with Crippen molar-refractivity contribution >= 4 is 0 Å². The first-order valence-corrected chi connectivity index (χ1v) is 7.56. The van der Waals surface area contributed by atoms with Crippen LogP contribution in [-0.4, -0.2) is 23.2 Å². The monoisotopic (exact) mass is 286 g/mol. The fraction of sp³-hybridized carbons (Fsp3) is 0.500. The molecule has 0 saturated heterocycles. The van der Waals surface area contributed by atoms with Crippen molar-refractivity contribution in [2.45, 2.75) is 44.7 Å². The van der Waals surface area contributed by atoms with Crippen LogP contribution in [0.5, 0.6) is 0 Å². The summed E-state index contributed by atoms with van der Waals surface area (Å²) in [6, 6.07) is 6.78. The summed E-state index contributed by atoms with van der Waals surface area (Å²) in [5.41, 5.74) is 9.71. The lowest BCUT2D eigenvalue weighted by Crippen LogP contribution is -2.24. The highest BCUT2D eigenvalue weighted by atomic mass is 16.5. The van der Waals surface area contributed by atoms with Gasteiger partial charge in [-0.2, -0.15) is 4.98 Å². The summed E-state index contributed by atoms with van der Waals surface area (Å²) in [5, 5.41) is 7.23. The molecule has 0 aliphatic heterocycles. The van der Waals surface area contributed by atoms with Crippen molar-refractivity contribution in [1.29, 1.82) is 0 Å². The van der Waals surface area contributed by atoms with Crippen LogP contribution in [0.3, 0.4) is 0 Å². The van der Waals surface area contributed by atoms with Gasteiger partial charge in [0.15, 0.2) is 5.82 Å². The van der Waals surface area contributed by atoms with Gasteiger partial charge in [0.1, 0.15) is 0 Å². The molecule has 1 aromatic carbocycles. The van der Waals surface area contributed by atoms with E-state index in [4.69, 9.17) is 10.3 Å². The maximum absolute atomic E-state index is 6.15. The Bertz CT molecular complexity index is 622. The third kappa shape index (κ3) is 2.99. The Morgan fingerprint density at radius 2 is 2.33 bits per heavy atom. The number of hydrogen-bond acceptors (Lipinski definition) is 5. The summed E-state index contributed by atoms with van der Waals surface area (Å²) in [7, 11) is 1.93. The molecule has 5 nitrogen and oxygen atoms in total. The lowest BCUT2D eigenvalue weighted by atomic mass is 9.87. The first kappa shape index (κ1) is 14.2. The number of aromatic nitrogens is 2. The summed E-state index contributed by atoms with van der Waals surface area (Å²) in [6.45, 7) is 2.09. The Balaban J connectivity index is 1.84. The average molecular weight is 286 g/mol. The van der Waals surface area contributed by atoms with Crippen LogP contribution in [0.15, 0.2) is 22.7 Å². The number of rotatable bonds is 4. The molecule has 2 atom stereocenters. The van der Waals surface area contributed by atoms with Crippen molar-refractivity contribution in [1.82, 2.24) is 15.5 Å². The maximum Gasteiger partial charge on any atom is 0.257 e. The van der Waals surface area contributed by atoms with Gasteiger partial charge < -0.3 is 15.6 Å². The topological polar surface area (TPSA) is 77.0 Å². The Kier molecular flexibility index (Phi) is 4.03. The molecule has 1 aromatic heterocycles. The first-order valence-electron chi connectivity index (χ1n) is 7.56. The fourth-order valence-corrected chi connectivity index (χ4v) is 2.81. The predicted molar refractivity (Wildman–Crippen MR) is 81.8 cm³/mol. The van der Waals surface area contributed by atoms with Crippen molar-refractivity contribution in [2.24, 2.45) is 5.73 Å². The Hall–Kier alpha value is -1.72. The van der Waals surface area contributed by atoms with E-state index in [1.54, 1.807) is 0 Å². The number of nitrogens with two attached hydrogens (primary N) is 1. The van der Waals surface area contributed by atoms with E-state index < -0.39 is 0 Å². The second-order valence-corrected chi connectivity index (χ2v) is 5.82. The number of fused-ring (bicyclic) bond motifs is 1. The van der Waals surface area contributed by atoms with Crippen LogP contribution in [0.25, 0.3) is 11.5 Å². The van der Waals surface area contributed by atoms with E-state index >= 15 is 0 Å². The largest absolute Gasteiger partial charge is 0.334 e. The molecule has 0 radical (unpaired) electrons. The van der Waals surface area contributed by atoms with E-state index in [0.717, 1.165) is 37.1 Å². The van der Waals surface area contributed by atoms with Crippen LogP contribution >= 0.6 is 0 Å². The molecule has 3 N–H and O–H groups in total. The smallest absolute Gasteiger partial charge is 0.257 e. The molecule has 2 aromatic rings. The third-order valence-corrected chi connectivity index (χ3v) is 4.20. The van der Waals surface area contributed by atoms with Gasteiger partial charge in [0, 0.05) is 24.1 Å². The van der Waals surface area contributed by atoms with E-state index in [2.05, 4.69) is 34.5 Å². The molecule has 3 rings (SSSR count). The van der Waals surface area contributed by atoms with Gasteiger partial charge in [0.05, 0.1) is 0 Å². The highest BCUT2D eigenvalue weighted by molar-refractivity contribution is 5.56. The molecular weight excluding hydrogens is 264 g/mol. The minimum atomic E-state index is 0.164. The van der Waals surface area contributed by atoms with E-state index in [-0.39, 0.29) is 6.04 Å². The van der Waals surface area contributed by atoms with Crippen molar-refractivity contribution in [3.05, 3.63) is 35.2 Å². The minimum absolute atomic E-state index is 0.164. The van der Waals surface area contributed by atoms with Gasteiger partial charge in [0.25, 0.3) is 5.89 Å². The van der Waals surface area contributed by atoms with Crippen LogP contribution in [-0.2, 0) is 12.8 Å². The van der Waals surface area contributed by atoms with Gasteiger partial charge in [-0.1, -0.05) is 11.2 Å². The van der Waals surface area contributed by atoms with E-state index in [1.807, 2.05) is 13.1 Å². The van der Waals surface area contributed by atoms with E-state index in [0.29, 0.717) is 11.9 Å². The molecule has 2 unspecified atom stereocenters. The molecular formula is C16H22N4O. The number of nitrogens with one attached hydrogen (secondary N) is 1. The van der Waals surface area contributed by atoms with Crippen LogP contribution in [0.1, 0.15) is 42.8 Å². The SMILES string of the molecule is CNC(C)Cc1noc(-c2ccc3c(c2)CCCC3N)n1. The zero-order valence-electron chi connectivity index (χ0n) is 12.6. The van der Waals surface area contributed by atoms with Gasteiger partial charge in [-0.3, -0.25) is 0 Å². The molecule has 1 heterocycles. The molecule has 0 fully saturated rings. The molecule has 0 saturated carbocycles. The van der Waals surface area contributed by atoms with E-state index in [1.165, 1.54) is 11.1 Å². The van der Waals surface area contributed by atoms with E-state index in [9.17, 15) is 0 Å². The first-order chi connectivity index (χ1) is 10.2. The summed E-state index contributed by atoms with van der Waals surface area (Å²) in [5.74, 6) is 1.33. The highest BCUT2D eigenvalue weighted by Crippen LogP contribution is 2.31. The van der Waals surface area contributed by atoms with Crippen molar-refractivity contribution in [2.75, 3.05) is 7.05 Å². The normalized spacial score (nSPS) is 19.3. The summed E-state index contributed by atoms with van der Waals surface area (Å²) >= 11 is 0. The number of benzene rings is 1. The van der Waals surface area contributed by atoms with Crippen LogP contribution < -0.4 is 11.1 Å². The highest BCUT2D eigenvalue weighted by Gasteiger charge is 2.18. The standard InChI is InChI=1S/C16H22N4O/c1-10(18-2)8-15-19-16(21-20-15)12-6-7-13-11(9-12)4-3-5-14(13)17/h6-7,9-10,14,18H,3-5,8,17H2,1-2H3. The number of likely N-dealkylation sites (N-methyl/N-ethyl adjacent to an activating group) is 1. The summed E-state index contributed by atoms with van der Waals surface area (Å²) in [4.78, 5) is 4.49. The summed E-state index contributed by atoms with van der Waals surface area (Å²) in [6.07, 6.45) is 4.05. The van der Waals surface area contributed by atoms with Crippen LogP contribution in [0, 0.1) is 0 Å².